The number of aromatic nitrogens is 3. The van der Waals surface area contributed by atoms with Gasteiger partial charge in [-0.3, -0.25) is 9.59 Å². The number of H-pyrrole nitrogens is 2. The highest BCUT2D eigenvalue weighted by molar-refractivity contribution is 6.02. The van der Waals surface area contributed by atoms with E-state index >= 15 is 0 Å². The van der Waals surface area contributed by atoms with E-state index in [1.165, 1.54) is 6.92 Å². The van der Waals surface area contributed by atoms with Gasteiger partial charge in [-0.15, -0.1) is 0 Å². The topological polar surface area (TPSA) is 102 Å². The lowest BCUT2D eigenvalue weighted by Crippen LogP contribution is -2.33. The van der Waals surface area contributed by atoms with Crippen molar-refractivity contribution in [2.45, 2.75) is 34.2 Å². The maximum absolute atomic E-state index is 12.9. The molecule has 2 aromatic heterocycles. The third-order valence-electron chi connectivity index (χ3n) is 3.78. The van der Waals surface area contributed by atoms with Crippen molar-refractivity contribution in [1.82, 2.24) is 19.9 Å². The SMILES string of the molecule is CC(=O)c1[nH]c(C)c(C(=O)N(CCO)Cc2cnc(C)[nH]2)c1C. The van der Waals surface area contributed by atoms with E-state index in [9.17, 15) is 14.7 Å². The van der Waals surface area contributed by atoms with Crippen LogP contribution in [-0.2, 0) is 6.54 Å². The van der Waals surface area contributed by atoms with E-state index in [2.05, 4.69) is 15.0 Å². The van der Waals surface area contributed by atoms with E-state index in [0.29, 0.717) is 29.1 Å². The summed E-state index contributed by atoms with van der Waals surface area (Å²) in [5.41, 5.74) is 3.03. The first-order valence-electron chi connectivity index (χ1n) is 7.45. The number of nitrogens with zero attached hydrogens (tertiary/aromatic N) is 2. The molecule has 124 valence electrons. The van der Waals surface area contributed by atoms with E-state index in [0.717, 1.165) is 11.5 Å². The van der Waals surface area contributed by atoms with Crippen LogP contribution < -0.4 is 0 Å². The predicted octanol–water partition coefficient (Wildman–Crippen LogP) is 1.50. The van der Waals surface area contributed by atoms with Gasteiger partial charge in [0.15, 0.2) is 5.78 Å². The Balaban J connectivity index is 2.32. The molecule has 0 fully saturated rings. The fraction of sp³-hybridized carbons (Fsp3) is 0.438. The van der Waals surface area contributed by atoms with Crippen LogP contribution in [0, 0.1) is 20.8 Å². The van der Waals surface area contributed by atoms with Gasteiger partial charge in [-0.05, 0) is 26.3 Å². The number of hydrogen-bond acceptors (Lipinski definition) is 4. The highest BCUT2D eigenvalue weighted by atomic mass is 16.3. The number of carbonyl (C=O) groups excluding carboxylic acids is 2. The van der Waals surface area contributed by atoms with Crippen molar-refractivity contribution in [3.8, 4) is 0 Å². The van der Waals surface area contributed by atoms with Crippen molar-refractivity contribution >= 4 is 11.7 Å². The van der Waals surface area contributed by atoms with E-state index in [1.54, 1.807) is 24.9 Å². The molecule has 0 saturated heterocycles. The molecule has 0 bridgehead atoms. The maximum atomic E-state index is 12.9. The molecule has 3 N–H and O–H groups in total. The van der Waals surface area contributed by atoms with Gasteiger partial charge in [0.05, 0.1) is 36.3 Å². The summed E-state index contributed by atoms with van der Waals surface area (Å²) in [4.78, 5) is 36.2. The first kappa shape index (κ1) is 17.0. The summed E-state index contributed by atoms with van der Waals surface area (Å²) >= 11 is 0. The highest BCUT2D eigenvalue weighted by Crippen LogP contribution is 2.21. The summed E-state index contributed by atoms with van der Waals surface area (Å²) in [6.45, 7) is 7.21. The molecule has 0 saturated carbocycles. The van der Waals surface area contributed by atoms with E-state index in [4.69, 9.17) is 0 Å². The molecule has 2 rings (SSSR count). The number of ketones is 1. The van der Waals surface area contributed by atoms with Crippen LogP contribution in [0.3, 0.4) is 0 Å². The lowest BCUT2D eigenvalue weighted by Gasteiger charge is -2.21. The van der Waals surface area contributed by atoms with Crippen molar-refractivity contribution in [3.63, 3.8) is 0 Å². The number of aryl methyl sites for hydroxylation is 2. The molecule has 0 radical (unpaired) electrons. The molecule has 2 heterocycles. The van der Waals surface area contributed by atoms with Crippen LogP contribution in [0.1, 0.15) is 50.5 Å². The maximum Gasteiger partial charge on any atom is 0.256 e. The molecule has 23 heavy (non-hydrogen) atoms. The van der Waals surface area contributed by atoms with E-state index in [-0.39, 0.29) is 24.8 Å². The van der Waals surface area contributed by atoms with Gasteiger partial charge in [-0.25, -0.2) is 4.98 Å². The third kappa shape index (κ3) is 3.50. The van der Waals surface area contributed by atoms with Gasteiger partial charge in [0.1, 0.15) is 5.82 Å². The van der Waals surface area contributed by atoms with E-state index in [1.807, 2.05) is 6.92 Å². The molecule has 2 aromatic rings. The minimum absolute atomic E-state index is 0.109. The fourth-order valence-electron chi connectivity index (χ4n) is 2.71. The van der Waals surface area contributed by atoms with Gasteiger partial charge in [-0.2, -0.15) is 0 Å². The van der Waals surface area contributed by atoms with Crippen molar-refractivity contribution in [3.05, 3.63) is 40.2 Å². The number of aliphatic hydroxyl groups excluding tert-OH is 1. The minimum Gasteiger partial charge on any atom is -0.395 e. The average molecular weight is 318 g/mol. The minimum atomic E-state index is -0.218. The van der Waals surface area contributed by atoms with Crippen LogP contribution >= 0.6 is 0 Å². The van der Waals surface area contributed by atoms with Crippen LogP contribution in [0.2, 0.25) is 0 Å². The monoisotopic (exact) mass is 318 g/mol. The molecular weight excluding hydrogens is 296 g/mol. The Morgan fingerprint density at radius 2 is 1.96 bits per heavy atom. The number of hydrogen-bond donors (Lipinski definition) is 3. The normalized spacial score (nSPS) is 10.8. The second kappa shape index (κ2) is 6.78. The number of amides is 1. The Morgan fingerprint density at radius 3 is 2.43 bits per heavy atom. The molecule has 0 aliphatic carbocycles. The second-order valence-corrected chi connectivity index (χ2v) is 5.63. The van der Waals surface area contributed by atoms with Gasteiger partial charge in [0.2, 0.25) is 0 Å². The smallest absolute Gasteiger partial charge is 0.256 e. The number of aromatic amines is 2. The summed E-state index contributed by atoms with van der Waals surface area (Å²) < 4.78 is 0. The lowest BCUT2D eigenvalue weighted by atomic mass is 10.1. The summed E-state index contributed by atoms with van der Waals surface area (Å²) in [6.07, 6.45) is 1.67. The molecule has 0 atom stereocenters. The Morgan fingerprint density at radius 1 is 1.26 bits per heavy atom. The number of aliphatic hydroxyl groups is 1. The van der Waals surface area contributed by atoms with Crippen LogP contribution in [0.25, 0.3) is 0 Å². The number of nitrogens with one attached hydrogen (secondary N) is 2. The summed E-state index contributed by atoms with van der Waals surface area (Å²) in [5, 5.41) is 9.27. The van der Waals surface area contributed by atoms with Crippen LogP contribution in [-0.4, -0.2) is 49.8 Å². The quantitative estimate of drug-likeness (QED) is 0.702. The van der Waals surface area contributed by atoms with Gasteiger partial charge < -0.3 is 20.0 Å². The lowest BCUT2D eigenvalue weighted by molar-refractivity contribution is 0.0704. The van der Waals surface area contributed by atoms with Crippen LogP contribution in [0.5, 0.6) is 0 Å². The van der Waals surface area contributed by atoms with Gasteiger partial charge in [0, 0.05) is 19.2 Å². The molecule has 0 aliphatic rings. The van der Waals surface area contributed by atoms with Crippen LogP contribution in [0.4, 0.5) is 0 Å². The van der Waals surface area contributed by atoms with Crippen molar-refractivity contribution < 1.29 is 14.7 Å². The van der Waals surface area contributed by atoms with Crippen molar-refractivity contribution in [2.75, 3.05) is 13.2 Å². The molecular formula is C16H22N4O3. The molecule has 0 aliphatic heterocycles. The summed E-state index contributed by atoms with van der Waals surface area (Å²) in [7, 11) is 0. The fourth-order valence-corrected chi connectivity index (χ4v) is 2.71. The largest absolute Gasteiger partial charge is 0.395 e. The zero-order valence-electron chi connectivity index (χ0n) is 13.9. The molecule has 0 spiro atoms. The van der Waals surface area contributed by atoms with Crippen molar-refractivity contribution in [2.24, 2.45) is 0 Å². The number of Topliss-reactive ketones (excluding diaryl/α,β-unsaturated/α-hetero) is 1. The molecule has 0 aromatic carbocycles. The highest BCUT2D eigenvalue weighted by Gasteiger charge is 2.24. The Bertz CT molecular complexity index is 730. The molecule has 7 heteroatoms. The molecule has 7 nitrogen and oxygen atoms in total. The first-order valence-corrected chi connectivity index (χ1v) is 7.45. The van der Waals surface area contributed by atoms with Gasteiger partial charge in [0.25, 0.3) is 5.91 Å². The summed E-state index contributed by atoms with van der Waals surface area (Å²) in [5.74, 6) is 0.442. The van der Waals surface area contributed by atoms with Crippen LogP contribution in [0.15, 0.2) is 6.20 Å². The van der Waals surface area contributed by atoms with Gasteiger partial charge in [-0.1, -0.05) is 0 Å². The zero-order chi connectivity index (χ0) is 17.1. The Hall–Kier alpha value is -2.41. The third-order valence-corrected chi connectivity index (χ3v) is 3.78. The average Bonchev–Trinajstić information content (AvgIpc) is 3.01. The molecule has 0 unspecified atom stereocenters. The van der Waals surface area contributed by atoms with E-state index < -0.39 is 0 Å². The second-order valence-electron chi connectivity index (χ2n) is 5.63. The van der Waals surface area contributed by atoms with Gasteiger partial charge >= 0.3 is 0 Å². The Labute approximate surface area is 134 Å². The summed E-state index contributed by atoms with van der Waals surface area (Å²) in [6, 6.07) is 0. The number of carbonyl (C=O) groups is 2. The first-order chi connectivity index (χ1) is 10.8. The van der Waals surface area contributed by atoms with Crippen molar-refractivity contribution in [1.29, 1.82) is 0 Å². The Kier molecular flexibility index (Phi) is 5.00. The number of imidazole rings is 1. The number of rotatable bonds is 6. The predicted molar refractivity (Wildman–Crippen MR) is 85.4 cm³/mol. The standard InChI is InChI=1S/C16H22N4O3/c1-9-14(10(2)18-15(9)11(3)22)16(23)20(5-6-21)8-13-7-17-12(4)19-13/h7,18,21H,5-6,8H2,1-4H3,(H,17,19). The zero-order valence-corrected chi connectivity index (χ0v) is 13.9. The molecule has 1 amide bonds.